The van der Waals surface area contributed by atoms with Gasteiger partial charge in [-0.15, -0.1) is 0 Å². The summed E-state index contributed by atoms with van der Waals surface area (Å²) in [6, 6.07) is 12.5. The lowest BCUT2D eigenvalue weighted by molar-refractivity contribution is -0.132. The number of fused-ring (bicyclic) bond motifs is 3. The fourth-order valence-corrected chi connectivity index (χ4v) is 6.05. The molecular formula is C27H34N2O5S. The minimum atomic E-state index is -3.86. The van der Waals surface area contributed by atoms with Gasteiger partial charge in [0.25, 0.3) is 10.1 Å². The lowest BCUT2D eigenvalue weighted by Gasteiger charge is -2.29. The molecule has 0 unspecified atom stereocenters. The van der Waals surface area contributed by atoms with Crippen LogP contribution in [0.3, 0.4) is 0 Å². The van der Waals surface area contributed by atoms with Crippen LogP contribution in [0.5, 0.6) is 5.75 Å². The fraction of sp³-hybridized carbons (Fsp3) is 0.444. The molecule has 1 aliphatic rings. The number of carbonyl (C=O) groups excluding carboxylic acids is 1. The van der Waals surface area contributed by atoms with Crippen molar-refractivity contribution in [3.05, 3.63) is 59.3 Å². The van der Waals surface area contributed by atoms with E-state index >= 15 is 0 Å². The molecule has 1 aliphatic carbocycles. The molecule has 0 bridgehead atoms. The highest BCUT2D eigenvalue weighted by Gasteiger charge is 2.35. The number of hydrogen-bond donors (Lipinski definition) is 0. The Morgan fingerprint density at radius 1 is 1.11 bits per heavy atom. The van der Waals surface area contributed by atoms with E-state index in [0.29, 0.717) is 19.6 Å². The van der Waals surface area contributed by atoms with Crippen LogP contribution < -0.4 is 4.74 Å². The van der Waals surface area contributed by atoms with Gasteiger partial charge in [0, 0.05) is 30.7 Å². The van der Waals surface area contributed by atoms with Crippen LogP contribution in [0.15, 0.2) is 47.4 Å². The number of aromatic nitrogens is 1. The maximum Gasteiger partial charge on any atom is 0.297 e. The predicted molar refractivity (Wildman–Crippen MR) is 136 cm³/mol. The van der Waals surface area contributed by atoms with Crippen LogP contribution in [0.4, 0.5) is 0 Å². The molecule has 3 aromatic rings. The van der Waals surface area contributed by atoms with Crippen molar-refractivity contribution in [2.24, 2.45) is 0 Å². The molecule has 0 fully saturated rings. The molecule has 0 spiro atoms. The van der Waals surface area contributed by atoms with E-state index in [2.05, 4.69) is 4.57 Å². The van der Waals surface area contributed by atoms with E-state index < -0.39 is 10.1 Å². The van der Waals surface area contributed by atoms with Crippen LogP contribution in [0, 0.1) is 6.92 Å². The predicted octanol–water partition coefficient (Wildman–Crippen LogP) is 4.65. The average Bonchev–Trinajstić information content (AvgIpc) is 3.19. The van der Waals surface area contributed by atoms with Crippen molar-refractivity contribution in [3.8, 4) is 5.75 Å². The topological polar surface area (TPSA) is 77.8 Å². The summed E-state index contributed by atoms with van der Waals surface area (Å²) in [5.74, 6) is 0.625. The molecule has 0 radical (unpaired) electrons. The van der Waals surface area contributed by atoms with E-state index in [4.69, 9.17) is 8.92 Å². The van der Waals surface area contributed by atoms with Gasteiger partial charge in [-0.2, -0.15) is 8.42 Å². The number of nitrogens with zero attached hydrogens (tertiary/aromatic N) is 2. The molecule has 2 aromatic carbocycles. The summed E-state index contributed by atoms with van der Waals surface area (Å²) in [5, 5.41) is 0.941. The third kappa shape index (κ3) is 4.82. The first-order chi connectivity index (χ1) is 16.8. The molecule has 8 heteroatoms. The number of ether oxygens (including phenoxy) is 1. The summed E-state index contributed by atoms with van der Waals surface area (Å²) >= 11 is 0. The molecular weight excluding hydrogens is 464 g/mol. The van der Waals surface area contributed by atoms with Crippen LogP contribution >= 0.6 is 0 Å². The molecule has 1 amide bonds. The second-order valence-corrected chi connectivity index (χ2v) is 10.5. The average molecular weight is 499 g/mol. The second kappa shape index (κ2) is 10.4. The molecule has 4 rings (SSSR count). The SMILES string of the molecule is CCN(CC)C(=O)[C@H]1CCCc2c1c1c(OC)cccc1n2CCOS(=O)(=O)c1ccc(C)cc1. The van der Waals surface area contributed by atoms with Crippen molar-refractivity contribution in [1.82, 2.24) is 9.47 Å². The quantitative estimate of drug-likeness (QED) is 0.401. The van der Waals surface area contributed by atoms with Crippen molar-refractivity contribution in [3.63, 3.8) is 0 Å². The van der Waals surface area contributed by atoms with Gasteiger partial charge in [-0.1, -0.05) is 23.8 Å². The molecule has 1 atom stereocenters. The first-order valence-electron chi connectivity index (χ1n) is 12.2. The van der Waals surface area contributed by atoms with Gasteiger partial charge in [0.15, 0.2) is 0 Å². The van der Waals surface area contributed by atoms with Crippen LogP contribution in [-0.4, -0.2) is 50.6 Å². The number of methoxy groups -OCH3 is 1. The number of carbonyl (C=O) groups is 1. The van der Waals surface area contributed by atoms with Gasteiger partial charge < -0.3 is 14.2 Å². The lowest BCUT2D eigenvalue weighted by atomic mass is 9.84. The lowest BCUT2D eigenvalue weighted by Crippen LogP contribution is -2.36. The molecule has 0 N–H and O–H groups in total. The first-order valence-corrected chi connectivity index (χ1v) is 13.7. The molecule has 7 nitrogen and oxygen atoms in total. The minimum Gasteiger partial charge on any atom is -0.496 e. The van der Waals surface area contributed by atoms with Gasteiger partial charge in [0.1, 0.15) is 5.75 Å². The highest BCUT2D eigenvalue weighted by molar-refractivity contribution is 7.86. The zero-order valence-corrected chi connectivity index (χ0v) is 21.7. The van der Waals surface area contributed by atoms with Crippen molar-refractivity contribution in [2.75, 3.05) is 26.8 Å². The van der Waals surface area contributed by atoms with Gasteiger partial charge in [-0.25, -0.2) is 0 Å². The van der Waals surface area contributed by atoms with Crippen molar-refractivity contribution in [2.45, 2.75) is 57.4 Å². The molecule has 35 heavy (non-hydrogen) atoms. The Morgan fingerprint density at radius 3 is 2.49 bits per heavy atom. The van der Waals surface area contributed by atoms with Crippen LogP contribution in [0.2, 0.25) is 0 Å². The third-order valence-electron chi connectivity index (χ3n) is 6.91. The van der Waals surface area contributed by atoms with Gasteiger partial charge in [-0.3, -0.25) is 8.98 Å². The molecule has 0 aliphatic heterocycles. The van der Waals surface area contributed by atoms with Crippen LogP contribution in [0.25, 0.3) is 10.9 Å². The van der Waals surface area contributed by atoms with Crippen LogP contribution in [0.1, 0.15) is 49.4 Å². The summed E-state index contributed by atoms with van der Waals surface area (Å²) in [6.07, 6.45) is 2.50. The summed E-state index contributed by atoms with van der Waals surface area (Å²) in [7, 11) is -2.22. The molecule has 188 valence electrons. The molecule has 0 saturated heterocycles. The third-order valence-corrected chi connectivity index (χ3v) is 8.24. The van der Waals surface area contributed by atoms with E-state index in [0.717, 1.165) is 52.7 Å². The summed E-state index contributed by atoms with van der Waals surface area (Å²) in [6.45, 7) is 7.60. The second-order valence-electron chi connectivity index (χ2n) is 8.91. The Kier molecular flexibility index (Phi) is 7.52. The number of amides is 1. The smallest absolute Gasteiger partial charge is 0.297 e. The van der Waals surface area contributed by atoms with E-state index in [1.165, 1.54) is 0 Å². The summed E-state index contributed by atoms with van der Waals surface area (Å²) < 4.78 is 38.6. The van der Waals surface area contributed by atoms with Gasteiger partial charge in [-0.05, 0) is 69.9 Å². The van der Waals surface area contributed by atoms with Crippen molar-refractivity contribution in [1.29, 1.82) is 0 Å². The van der Waals surface area contributed by atoms with Gasteiger partial charge in [0.05, 0.1) is 30.0 Å². The molecule has 0 saturated carbocycles. The zero-order valence-electron chi connectivity index (χ0n) is 20.9. The Hall–Kier alpha value is -2.84. The van der Waals surface area contributed by atoms with Crippen molar-refractivity contribution < 1.29 is 22.1 Å². The zero-order chi connectivity index (χ0) is 25.2. The Bertz CT molecular complexity index is 1310. The molecule has 1 aromatic heterocycles. The summed E-state index contributed by atoms with van der Waals surface area (Å²) in [4.78, 5) is 15.5. The van der Waals surface area contributed by atoms with Gasteiger partial charge in [0.2, 0.25) is 5.91 Å². The highest BCUT2D eigenvalue weighted by Crippen LogP contribution is 2.43. The Labute approximate surface area is 207 Å². The fourth-order valence-electron chi connectivity index (χ4n) is 5.15. The number of benzene rings is 2. The standard InChI is InChI=1S/C27H34N2O5S/c1-5-28(6-2)27(30)21-9-7-10-22-25(21)26-23(11-8-12-24(26)33-4)29(22)17-18-34-35(31,32)20-15-13-19(3)14-16-20/h8,11-16,21H,5-7,9-10,17-18H2,1-4H3/t21-/m0/s1. The number of rotatable bonds is 9. The maximum absolute atomic E-state index is 13.5. The minimum absolute atomic E-state index is 0.00169. The molecule has 1 heterocycles. The number of hydrogen-bond acceptors (Lipinski definition) is 5. The Balaban J connectivity index is 1.70. The van der Waals surface area contributed by atoms with E-state index in [-0.39, 0.29) is 23.3 Å². The monoisotopic (exact) mass is 498 g/mol. The highest BCUT2D eigenvalue weighted by atomic mass is 32.2. The largest absolute Gasteiger partial charge is 0.496 e. The van der Waals surface area contributed by atoms with E-state index in [1.807, 2.05) is 43.9 Å². The van der Waals surface area contributed by atoms with Crippen molar-refractivity contribution >= 4 is 26.9 Å². The van der Waals surface area contributed by atoms with Gasteiger partial charge >= 0.3 is 0 Å². The first kappa shape index (κ1) is 25.3. The maximum atomic E-state index is 13.5. The number of likely N-dealkylation sites (N-methyl/N-ethyl adjacent to an activating group) is 1. The van der Waals surface area contributed by atoms with E-state index in [1.54, 1.807) is 31.4 Å². The summed E-state index contributed by atoms with van der Waals surface area (Å²) in [5.41, 5.74) is 4.00. The Morgan fingerprint density at radius 2 is 1.83 bits per heavy atom. The van der Waals surface area contributed by atoms with E-state index in [9.17, 15) is 13.2 Å². The van der Waals surface area contributed by atoms with Crippen LogP contribution in [-0.2, 0) is 32.1 Å². The number of aryl methyl sites for hydroxylation is 1. The normalized spacial score (nSPS) is 15.7.